The highest BCUT2D eigenvalue weighted by molar-refractivity contribution is 6.62. The van der Waals surface area contributed by atoms with Crippen molar-refractivity contribution >= 4 is 18.5 Å². The Hall–Kier alpha value is -1.47. The lowest BCUT2D eigenvalue weighted by Gasteiger charge is -2.32. The number of halogens is 2. The van der Waals surface area contributed by atoms with E-state index in [0.29, 0.717) is 24.0 Å². The summed E-state index contributed by atoms with van der Waals surface area (Å²) in [5.41, 5.74) is 0.136. The third-order valence-corrected chi connectivity index (χ3v) is 5.34. The van der Waals surface area contributed by atoms with E-state index in [4.69, 9.17) is 9.31 Å². The molecule has 2 aliphatic heterocycles. The molecule has 1 aromatic rings. The third-order valence-electron chi connectivity index (χ3n) is 5.34. The van der Waals surface area contributed by atoms with Crippen molar-refractivity contribution in [3.8, 4) is 0 Å². The van der Waals surface area contributed by atoms with Crippen LogP contribution in [0.4, 0.5) is 8.78 Å². The number of carbonyl (C=O) groups is 1. The fourth-order valence-electron chi connectivity index (χ4n) is 3.12. The van der Waals surface area contributed by atoms with E-state index in [0.717, 1.165) is 0 Å². The Morgan fingerprint density at radius 2 is 1.80 bits per heavy atom. The van der Waals surface area contributed by atoms with Gasteiger partial charge in [0.2, 0.25) is 0 Å². The average molecular weight is 351 g/mol. The van der Waals surface area contributed by atoms with Gasteiger partial charge in [-0.25, -0.2) is 8.78 Å². The molecule has 0 atom stereocenters. The molecule has 1 amide bonds. The van der Waals surface area contributed by atoms with E-state index in [9.17, 15) is 13.6 Å². The van der Waals surface area contributed by atoms with Crippen LogP contribution in [0.5, 0.6) is 0 Å². The van der Waals surface area contributed by atoms with Gasteiger partial charge in [0.25, 0.3) is 11.8 Å². The maximum absolute atomic E-state index is 13.6. The summed E-state index contributed by atoms with van der Waals surface area (Å²) in [6.07, 6.45) is 0.153. The van der Waals surface area contributed by atoms with Gasteiger partial charge >= 0.3 is 7.12 Å². The standard InChI is InChI=1S/C18H24BF2NO3/c1-16(2)17(3,4)25-19(24-16)14-8-5-7-13(11-14)15(23)22-10-6-9-18(20,21)12-22/h5,7-8,11H,6,9-10,12H2,1-4H3. The number of piperidine rings is 1. The number of benzene rings is 1. The van der Waals surface area contributed by atoms with Crippen molar-refractivity contribution in [2.24, 2.45) is 0 Å². The minimum atomic E-state index is -2.81. The first kappa shape index (κ1) is 18.3. The Morgan fingerprint density at radius 3 is 2.40 bits per heavy atom. The average Bonchev–Trinajstić information content (AvgIpc) is 2.74. The van der Waals surface area contributed by atoms with Crippen LogP contribution in [0.1, 0.15) is 50.9 Å². The van der Waals surface area contributed by atoms with Gasteiger partial charge in [-0.05, 0) is 51.7 Å². The summed E-state index contributed by atoms with van der Waals surface area (Å²) >= 11 is 0. The number of hydrogen-bond acceptors (Lipinski definition) is 3. The second kappa shape index (κ2) is 6.06. The molecule has 0 unspecified atom stereocenters. The van der Waals surface area contributed by atoms with Crippen molar-refractivity contribution in [2.45, 2.75) is 57.7 Å². The highest BCUT2D eigenvalue weighted by atomic mass is 19.3. The second-order valence-corrected chi connectivity index (χ2v) is 7.90. The molecule has 1 aromatic carbocycles. The quantitative estimate of drug-likeness (QED) is 0.770. The van der Waals surface area contributed by atoms with Gasteiger partial charge in [0, 0.05) is 18.5 Å². The molecule has 4 nitrogen and oxygen atoms in total. The minimum absolute atomic E-state index is 0.162. The maximum atomic E-state index is 13.6. The number of alkyl halides is 2. The van der Waals surface area contributed by atoms with Crippen LogP contribution in [0.3, 0.4) is 0 Å². The van der Waals surface area contributed by atoms with E-state index in [1.165, 1.54) is 4.90 Å². The van der Waals surface area contributed by atoms with Gasteiger partial charge < -0.3 is 14.2 Å². The maximum Gasteiger partial charge on any atom is 0.494 e. The normalized spacial score (nSPS) is 24.4. The van der Waals surface area contributed by atoms with Crippen LogP contribution in [0.2, 0.25) is 0 Å². The van der Waals surface area contributed by atoms with E-state index in [1.54, 1.807) is 18.2 Å². The van der Waals surface area contributed by atoms with Crippen LogP contribution in [-0.2, 0) is 9.31 Å². The zero-order valence-electron chi connectivity index (χ0n) is 15.1. The molecule has 2 heterocycles. The summed E-state index contributed by atoms with van der Waals surface area (Å²) in [4.78, 5) is 13.8. The van der Waals surface area contributed by atoms with Crippen LogP contribution < -0.4 is 5.46 Å². The third kappa shape index (κ3) is 3.58. The topological polar surface area (TPSA) is 38.8 Å². The van der Waals surface area contributed by atoms with Gasteiger partial charge in [-0.3, -0.25) is 4.79 Å². The Kier molecular flexibility index (Phi) is 4.44. The molecule has 0 aromatic heterocycles. The molecule has 0 spiro atoms. The zero-order chi connectivity index (χ0) is 18.5. The van der Waals surface area contributed by atoms with Crippen molar-refractivity contribution < 1.29 is 22.9 Å². The largest absolute Gasteiger partial charge is 0.494 e. The summed E-state index contributed by atoms with van der Waals surface area (Å²) < 4.78 is 39.2. The first-order valence-electron chi connectivity index (χ1n) is 8.63. The van der Waals surface area contributed by atoms with Gasteiger partial charge in [-0.1, -0.05) is 12.1 Å². The van der Waals surface area contributed by atoms with Gasteiger partial charge in [0.1, 0.15) is 0 Å². The molecule has 0 radical (unpaired) electrons. The van der Waals surface area contributed by atoms with Gasteiger partial charge in [-0.15, -0.1) is 0 Å². The molecule has 0 N–H and O–H groups in total. The van der Waals surface area contributed by atoms with E-state index in [1.807, 2.05) is 33.8 Å². The molecule has 2 saturated heterocycles. The molecule has 2 aliphatic rings. The fourth-order valence-corrected chi connectivity index (χ4v) is 3.12. The first-order chi connectivity index (χ1) is 11.5. The molecule has 7 heteroatoms. The predicted octanol–water partition coefficient (Wildman–Crippen LogP) is 2.86. The van der Waals surface area contributed by atoms with Crippen molar-refractivity contribution in [3.63, 3.8) is 0 Å². The summed E-state index contributed by atoms with van der Waals surface area (Å²) in [7, 11) is -0.583. The Bertz CT molecular complexity index is 662. The van der Waals surface area contributed by atoms with E-state index < -0.39 is 30.8 Å². The highest BCUT2D eigenvalue weighted by Gasteiger charge is 2.51. The molecule has 0 aliphatic carbocycles. The lowest BCUT2D eigenvalue weighted by Crippen LogP contribution is -2.46. The van der Waals surface area contributed by atoms with Crippen LogP contribution in [0, 0.1) is 0 Å². The number of nitrogens with zero attached hydrogens (tertiary/aromatic N) is 1. The molecule has 2 fully saturated rings. The monoisotopic (exact) mass is 351 g/mol. The number of amides is 1. The molecule has 0 bridgehead atoms. The Labute approximate surface area is 147 Å². The summed E-state index contributed by atoms with van der Waals surface area (Å²) in [5.74, 6) is -3.19. The van der Waals surface area contributed by atoms with Crippen LogP contribution >= 0.6 is 0 Å². The molecular formula is C18H24BF2NO3. The number of rotatable bonds is 2. The molecule has 25 heavy (non-hydrogen) atoms. The molecular weight excluding hydrogens is 327 g/mol. The summed E-state index contributed by atoms with van der Waals surface area (Å²) in [6.45, 7) is 7.66. The Morgan fingerprint density at radius 1 is 1.16 bits per heavy atom. The van der Waals surface area contributed by atoms with Crippen molar-refractivity contribution in [3.05, 3.63) is 29.8 Å². The first-order valence-corrected chi connectivity index (χ1v) is 8.63. The molecule has 3 rings (SSSR count). The zero-order valence-corrected chi connectivity index (χ0v) is 15.1. The molecule has 136 valence electrons. The van der Waals surface area contributed by atoms with Gasteiger partial charge in [0.05, 0.1) is 17.7 Å². The lowest BCUT2D eigenvalue weighted by molar-refractivity contribution is -0.0560. The fraction of sp³-hybridized carbons (Fsp3) is 0.611. The minimum Gasteiger partial charge on any atom is -0.399 e. The van der Waals surface area contributed by atoms with Crippen LogP contribution in [0.25, 0.3) is 0 Å². The van der Waals surface area contributed by atoms with E-state index in [2.05, 4.69) is 0 Å². The number of hydrogen-bond donors (Lipinski definition) is 0. The van der Waals surface area contributed by atoms with E-state index >= 15 is 0 Å². The SMILES string of the molecule is CC1(C)OB(c2cccc(C(=O)N3CCCC(F)(F)C3)c2)OC1(C)C. The van der Waals surface area contributed by atoms with Gasteiger partial charge in [-0.2, -0.15) is 0 Å². The summed E-state index contributed by atoms with van der Waals surface area (Å²) in [5, 5.41) is 0. The van der Waals surface area contributed by atoms with Crippen molar-refractivity contribution in [2.75, 3.05) is 13.1 Å². The van der Waals surface area contributed by atoms with Crippen LogP contribution in [-0.4, -0.2) is 48.1 Å². The smallest absolute Gasteiger partial charge is 0.399 e. The second-order valence-electron chi connectivity index (χ2n) is 7.90. The highest BCUT2D eigenvalue weighted by Crippen LogP contribution is 2.36. The van der Waals surface area contributed by atoms with Crippen molar-refractivity contribution in [1.82, 2.24) is 4.90 Å². The van der Waals surface area contributed by atoms with Gasteiger partial charge in [0.15, 0.2) is 0 Å². The number of carbonyl (C=O) groups excluding carboxylic acids is 1. The molecule has 0 saturated carbocycles. The van der Waals surface area contributed by atoms with E-state index in [-0.39, 0.29) is 12.3 Å². The predicted molar refractivity (Wildman–Crippen MR) is 92.2 cm³/mol. The lowest BCUT2D eigenvalue weighted by atomic mass is 9.78. The Balaban J connectivity index is 1.79. The van der Waals surface area contributed by atoms with Crippen LogP contribution in [0.15, 0.2) is 24.3 Å². The van der Waals surface area contributed by atoms with Crippen molar-refractivity contribution in [1.29, 1.82) is 0 Å². The summed E-state index contributed by atoms with van der Waals surface area (Å²) in [6, 6.07) is 6.88. The number of likely N-dealkylation sites (tertiary alicyclic amines) is 1.